The molecule has 6 heteroatoms. The number of likely N-dealkylation sites (tertiary alicyclic amines) is 1. The van der Waals surface area contributed by atoms with Crippen LogP contribution in [0.4, 0.5) is 13.2 Å². The molecular formula is C16H19F3N2O. The minimum atomic E-state index is -4.33. The summed E-state index contributed by atoms with van der Waals surface area (Å²) in [7, 11) is 0. The zero-order valence-corrected chi connectivity index (χ0v) is 12.2. The van der Waals surface area contributed by atoms with E-state index in [0.29, 0.717) is 17.5 Å². The number of carbonyl (C=O) groups is 1. The van der Waals surface area contributed by atoms with Crippen molar-refractivity contribution in [2.75, 3.05) is 19.6 Å². The van der Waals surface area contributed by atoms with Crippen LogP contribution >= 0.6 is 0 Å². The third kappa shape index (κ3) is 3.27. The van der Waals surface area contributed by atoms with Crippen molar-refractivity contribution in [2.45, 2.75) is 31.5 Å². The average molecular weight is 312 g/mol. The smallest absolute Gasteiger partial charge is 0.342 e. The molecule has 2 heterocycles. The van der Waals surface area contributed by atoms with Gasteiger partial charge in [-0.2, -0.15) is 13.2 Å². The third-order valence-electron chi connectivity index (χ3n) is 4.64. The van der Waals surface area contributed by atoms with Gasteiger partial charge in [-0.15, -0.1) is 0 Å². The Balaban J connectivity index is 1.59. The summed E-state index contributed by atoms with van der Waals surface area (Å²) in [4.78, 5) is 14.2. The lowest BCUT2D eigenvalue weighted by molar-refractivity contribution is -0.137. The molecule has 22 heavy (non-hydrogen) atoms. The van der Waals surface area contributed by atoms with Gasteiger partial charge in [0.1, 0.15) is 0 Å². The summed E-state index contributed by atoms with van der Waals surface area (Å²) in [5.41, 5.74) is -0.0498. The number of benzene rings is 1. The Kier molecular flexibility index (Phi) is 4.12. The van der Waals surface area contributed by atoms with Gasteiger partial charge in [0, 0.05) is 19.1 Å². The van der Waals surface area contributed by atoms with Crippen LogP contribution in [0.2, 0.25) is 0 Å². The Morgan fingerprint density at radius 3 is 2.64 bits per heavy atom. The summed E-state index contributed by atoms with van der Waals surface area (Å²) in [6, 6.07) is 5.39. The van der Waals surface area contributed by atoms with Gasteiger partial charge in [-0.3, -0.25) is 4.79 Å². The number of carbonyl (C=O) groups excluding carboxylic acids is 1. The van der Waals surface area contributed by atoms with Crippen LogP contribution in [-0.4, -0.2) is 36.5 Å². The van der Waals surface area contributed by atoms with Crippen LogP contribution in [0.15, 0.2) is 24.3 Å². The van der Waals surface area contributed by atoms with Crippen molar-refractivity contribution in [3.8, 4) is 0 Å². The van der Waals surface area contributed by atoms with Crippen LogP contribution in [0.25, 0.3) is 0 Å². The predicted molar refractivity (Wildman–Crippen MR) is 76.2 cm³/mol. The lowest BCUT2D eigenvalue weighted by Crippen LogP contribution is -2.47. The molecule has 3 rings (SSSR count). The number of nitrogens with zero attached hydrogens (tertiary/aromatic N) is 1. The molecule has 3 nitrogen and oxygen atoms in total. The van der Waals surface area contributed by atoms with Crippen LogP contribution in [0, 0.1) is 5.92 Å². The van der Waals surface area contributed by atoms with E-state index in [9.17, 15) is 18.0 Å². The number of hydrogen-bond donors (Lipinski definition) is 1. The van der Waals surface area contributed by atoms with Crippen LogP contribution < -0.4 is 5.32 Å². The number of nitrogens with one attached hydrogen (secondary N) is 1. The van der Waals surface area contributed by atoms with E-state index in [1.807, 2.05) is 4.90 Å². The maximum absolute atomic E-state index is 12.5. The van der Waals surface area contributed by atoms with Crippen molar-refractivity contribution in [2.24, 2.45) is 5.92 Å². The second-order valence-electron chi connectivity index (χ2n) is 6.11. The Hall–Kier alpha value is -1.56. The summed E-state index contributed by atoms with van der Waals surface area (Å²) in [5.74, 6) is 0.524. The zero-order chi connectivity index (χ0) is 15.7. The first-order valence-electron chi connectivity index (χ1n) is 7.61. The first-order valence-corrected chi connectivity index (χ1v) is 7.61. The molecule has 0 bridgehead atoms. The van der Waals surface area contributed by atoms with Crippen molar-refractivity contribution in [3.63, 3.8) is 0 Å². The van der Waals surface area contributed by atoms with Gasteiger partial charge in [-0.1, -0.05) is 12.1 Å². The highest BCUT2D eigenvalue weighted by Crippen LogP contribution is 2.29. The van der Waals surface area contributed by atoms with Gasteiger partial charge in [0.05, 0.1) is 12.0 Å². The SMILES string of the molecule is O=C(Cc1ccc(C(F)(F)F)cc1)N1CCC2NCCC2C1. The van der Waals surface area contributed by atoms with Crippen LogP contribution in [0.5, 0.6) is 0 Å². The highest BCUT2D eigenvalue weighted by molar-refractivity contribution is 5.79. The zero-order valence-electron chi connectivity index (χ0n) is 12.2. The molecule has 1 aromatic carbocycles. The largest absolute Gasteiger partial charge is 0.416 e. The Labute approximate surface area is 127 Å². The summed E-state index contributed by atoms with van der Waals surface area (Å²) in [6.07, 6.45) is -2.11. The van der Waals surface area contributed by atoms with E-state index in [-0.39, 0.29) is 12.3 Å². The van der Waals surface area contributed by atoms with E-state index in [4.69, 9.17) is 0 Å². The number of amides is 1. The van der Waals surface area contributed by atoms with Gasteiger partial charge in [0.2, 0.25) is 5.91 Å². The molecule has 2 aliphatic rings. The van der Waals surface area contributed by atoms with Gasteiger partial charge < -0.3 is 10.2 Å². The van der Waals surface area contributed by atoms with Crippen molar-refractivity contribution < 1.29 is 18.0 Å². The van der Waals surface area contributed by atoms with Crippen LogP contribution in [0.3, 0.4) is 0 Å². The minimum absolute atomic E-state index is 0.00473. The topological polar surface area (TPSA) is 32.3 Å². The molecule has 0 spiro atoms. The van der Waals surface area contributed by atoms with Gasteiger partial charge >= 0.3 is 6.18 Å². The molecule has 2 saturated heterocycles. The molecule has 120 valence electrons. The van der Waals surface area contributed by atoms with Gasteiger partial charge in [-0.05, 0) is 43.0 Å². The first kappa shape index (κ1) is 15.3. The van der Waals surface area contributed by atoms with Crippen LogP contribution in [-0.2, 0) is 17.4 Å². The highest BCUT2D eigenvalue weighted by Gasteiger charge is 2.34. The molecule has 0 aliphatic carbocycles. The molecular weight excluding hydrogens is 293 g/mol. The number of fused-ring (bicyclic) bond motifs is 1. The fourth-order valence-corrected chi connectivity index (χ4v) is 3.37. The van der Waals surface area contributed by atoms with Crippen molar-refractivity contribution >= 4 is 5.91 Å². The first-order chi connectivity index (χ1) is 10.4. The van der Waals surface area contributed by atoms with Crippen LogP contribution in [0.1, 0.15) is 24.0 Å². The molecule has 2 fully saturated rings. The third-order valence-corrected chi connectivity index (χ3v) is 4.64. The van der Waals surface area contributed by atoms with E-state index in [1.165, 1.54) is 12.1 Å². The van der Waals surface area contributed by atoms with E-state index >= 15 is 0 Å². The standard InChI is InChI=1S/C16H19F3N2O/c17-16(18,19)13-3-1-11(2-4-13)9-15(22)21-8-6-14-12(10-21)5-7-20-14/h1-4,12,14,20H,5-10H2. The second kappa shape index (κ2) is 5.91. The molecule has 1 amide bonds. The molecule has 1 aromatic rings. The number of alkyl halides is 3. The minimum Gasteiger partial charge on any atom is -0.342 e. The lowest BCUT2D eigenvalue weighted by atomic mass is 9.93. The summed E-state index contributed by atoms with van der Waals surface area (Å²) in [5, 5.41) is 3.44. The average Bonchev–Trinajstić information content (AvgIpc) is 2.94. The quantitative estimate of drug-likeness (QED) is 0.910. The highest BCUT2D eigenvalue weighted by atomic mass is 19.4. The monoisotopic (exact) mass is 312 g/mol. The lowest BCUT2D eigenvalue weighted by Gasteiger charge is -2.35. The second-order valence-corrected chi connectivity index (χ2v) is 6.11. The van der Waals surface area contributed by atoms with Gasteiger partial charge in [-0.25, -0.2) is 0 Å². The number of halogens is 3. The van der Waals surface area contributed by atoms with E-state index < -0.39 is 11.7 Å². The Bertz CT molecular complexity index is 541. The Morgan fingerprint density at radius 2 is 1.95 bits per heavy atom. The van der Waals surface area contributed by atoms with Gasteiger partial charge in [0.15, 0.2) is 0 Å². The summed E-state index contributed by atoms with van der Waals surface area (Å²) < 4.78 is 37.5. The van der Waals surface area contributed by atoms with Gasteiger partial charge in [0.25, 0.3) is 0 Å². The number of hydrogen-bond acceptors (Lipinski definition) is 2. The van der Waals surface area contributed by atoms with E-state index in [1.54, 1.807) is 0 Å². The molecule has 2 atom stereocenters. The molecule has 2 unspecified atom stereocenters. The molecule has 0 saturated carbocycles. The van der Waals surface area contributed by atoms with Crippen molar-refractivity contribution in [1.82, 2.24) is 10.2 Å². The molecule has 2 aliphatic heterocycles. The van der Waals surface area contributed by atoms with Crippen molar-refractivity contribution in [3.05, 3.63) is 35.4 Å². The fourth-order valence-electron chi connectivity index (χ4n) is 3.37. The number of piperidine rings is 1. The summed E-state index contributed by atoms with van der Waals surface area (Å²) in [6.45, 7) is 2.50. The fraction of sp³-hybridized carbons (Fsp3) is 0.562. The van der Waals surface area contributed by atoms with E-state index in [2.05, 4.69) is 5.32 Å². The predicted octanol–water partition coefficient (Wildman–Crippen LogP) is 2.46. The maximum atomic E-state index is 12.5. The molecule has 1 N–H and O–H groups in total. The van der Waals surface area contributed by atoms with E-state index in [0.717, 1.165) is 44.6 Å². The number of rotatable bonds is 2. The van der Waals surface area contributed by atoms with Crippen molar-refractivity contribution in [1.29, 1.82) is 0 Å². The Morgan fingerprint density at radius 1 is 1.23 bits per heavy atom. The molecule has 0 radical (unpaired) electrons. The summed E-state index contributed by atoms with van der Waals surface area (Å²) >= 11 is 0. The maximum Gasteiger partial charge on any atom is 0.416 e. The molecule has 0 aromatic heterocycles. The normalized spacial score (nSPS) is 25.1.